The quantitative estimate of drug-likeness (QED) is 0.313. The molecule has 0 N–H and O–H groups in total. The summed E-state index contributed by atoms with van der Waals surface area (Å²) in [6, 6.07) is 8.70. The van der Waals surface area contributed by atoms with Gasteiger partial charge in [-0.25, -0.2) is 14.1 Å². The average molecular weight is 555 g/mol. The Labute approximate surface area is 227 Å². The number of carbonyl (C=O) groups is 1. The van der Waals surface area contributed by atoms with Crippen LogP contribution in [0.25, 0.3) is 16.9 Å². The van der Waals surface area contributed by atoms with Crippen molar-refractivity contribution in [2.45, 2.75) is 38.4 Å². The molecule has 0 bridgehead atoms. The molecule has 208 valence electrons. The molecule has 0 radical (unpaired) electrons. The van der Waals surface area contributed by atoms with Gasteiger partial charge in [0, 0.05) is 17.4 Å². The Bertz CT molecular complexity index is 1580. The van der Waals surface area contributed by atoms with Crippen LogP contribution in [0.4, 0.5) is 23.2 Å². The van der Waals surface area contributed by atoms with Crippen LogP contribution in [-0.2, 0) is 11.2 Å². The SMILES string of the molecule is COc1cc(-c2cn(C3CC4CCc5cc(F)ccc5N(CC(F)(F)F)C(=O)[C@H]43)nn2)ccc1-n1cnc(C)c1. The summed E-state index contributed by atoms with van der Waals surface area (Å²) in [6.45, 7) is 0.452. The number of aryl methyl sites for hydroxylation is 2. The Hall–Kier alpha value is -4.22. The molecule has 1 fully saturated rings. The molecule has 12 heteroatoms. The zero-order chi connectivity index (χ0) is 28.2. The van der Waals surface area contributed by atoms with E-state index in [0.717, 1.165) is 27.9 Å². The molecule has 1 saturated carbocycles. The predicted molar refractivity (Wildman–Crippen MR) is 138 cm³/mol. The van der Waals surface area contributed by atoms with Crippen LogP contribution in [0.3, 0.4) is 0 Å². The Morgan fingerprint density at radius 2 is 1.90 bits per heavy atom. The van der Waals surface area contributed by atoms with Gasteiger partial charge in [-0.2, -0.15) is 13.2 Å². The van der Waals surface area contributed by atoms with E-state index in [0.29, 0.717) is 36.3 Å². The van der Waals surface area contributed by atoms with Gasteiger partial charge in [0.25, 0.3) is 0 Å². The van der Waals surface area contributed by atoms with Crippen molar-refractivity contribution >= 4 is 11.6 Å². The Morgan fingerprint density at radius 3 is 2.62 bits per heavy atom. The molecule has 40 heavy (non-hydrogen) atoms. The van der Waals surface area contributed by atoms with Gasteiger partial charge in [0.2, 0.25) is 5.91 Å². The number of nitrogens with zero attached hydrogens (tertiary/aromatic N) is 6. The minimum Gasteiger partial charge on any atom is -0.495 e. The highest BCUT2D eigenvalue weighted by Gasteiger charge is 2.51. The largest absolute Gasteiger partial charge is 0.495 e. The summed E-state index contributed by atoms with van der Waals surface area (Å²) in [5.74, 6) is -1.42. The molecule has 1 aliphatic heterocycles. The van der Waals surface area contributed by atoms with Crippen LogP contribution < -0.4 is 9.64 Å². The van der Waals surface area contributed by atoms with Crippen molar-refractivity contribution in [3.63, 3.8) is 0 Å². The number of fused-ring (bicyclic) bond motifs is 2. The third-order valence-electron chi connectivity index (χ3n) is 7.79. The van der Waals surface area contributed by atoms with Crippen molar-refractivity contribution in [2.75, 3.05) is 18.6 Å². The van der Waals surface area contributed by atoms with E-state index in [1.165, 1.54) is 12.1 Å². The number of halogens is 4. The number of carbonyl (C=O) groups excluding carboxylic acids is 1. The van der Waals surface area contributed by atoms with Crippen molar-refractivity contribution in [2.24, 2.45) is 11.8 Å². The van der Waals surface area contributed by atoms with E-state index in [4.69, 9.17) is 4.74 Å². The molecule has 6 rings (SSSR count). The molecule has 3 atom stereocenters. The molecular weight excluding hydrogens is 528 g/mol. The summed E-state index contributed by atoms with van der Waals surface area (Å²) < 4.78 is 63.6. The summed E-state index contributed by atoms with van der Waals surface area (Å²) >= 11 is 0. The fraction of sp³-hybridized carbons (Fsp3) is 0.357. The summed E-state index contributed by atoms with van der Waals surface area (Å²) in [6.07, 6.45) is 2.18. The molecule has 1 amide bonds. The molecule has 8 nitrogen and oxygen atoms in total. The highest BCUT2D eigenvalue weighted by Crippen LogP contribution is 2.50. The minimum atomic E-state index is -4.61. The Morgan fingerprint density at radius 1 is 1.10 bits per heavy atom. The van der Waals surface area contributed by atoms with Crippen molar-refractivity contribution < 1.29 is 27.1 Å². The Balaban J connectivity index is 1.29. The van der Waals surface area contributed by atoms with Gasteiger partial charge in [0.1, 0.15) is 23.8 Å². The van der Waals surface area contributed by atoms with E-state index in [9.17, 15) is 22.4 Å². The highest BCUT2D eigenvalue weighted by atomic mass is 19.4. The number of hydrogen-bond acceptors (Lipinski definition) is 5. The maximum Gasteiger partial charge on any atom is 0.406 e. The fourth-order valence-corrected chi connectivity index (χ4v) is 5.83. The molecule has 2 aromatic heterocycles. The topological polar surface area (TPSA) is 78.1 Å². The second-order valence-electron chi connectivity index (χ2n) is 10.3. The van der Waals surface area contributed by atoms with Gasteiger partial charge in [-0.3, -0.25) is 4.79 Å². The monoisotopic (exact) mass is 554 g/mol. The maximum atomic E-state index is 13.9. The number of methoxy groups -OCH3 is 1. The number of anilines is 1. The Kier molecular flexibility index (Phi) is 6.35. The molecule has 0 spiro atoms. The number of imidazole rings is 1. The first-order valence-corrected chi connectivity index (χ1v) is 12.9. The smallest absolute Gasteiger partial charge is 0.406 e. The van der Waals surface area contributed by atoms with Crippen LogP contribution in [0.1, 0.15) is 30.1 Å². The first-order chi connectivity index (χ1) is 19.1. The second-order valence-corrected chi connectivity index (χ2v) is 10.3. The number of hydrogen-bond donors (Lipinski definition) is 0. The van der Waals surface area contributed by atoms with E-state index >= 15 is 0 Å². The first-order valence-electron chi connectivity index (χ1n) is 12.9. The van der Waals surface area contributed by atoms with Crippen LogP contribution in [0.2, 0.25) is 0 Å². The number of aromatic nitrogens is 5. The zero-order valence-corrected chi connectivity index (χ0v) is 21.8. The minimum absolute atomic E-state index is 0.104. The number of alkyl halides is 3. The lowest BCUT2D eigenvalue weighted by Gasteiger charge is -2.47. The predicted octanol–water partition coefficient (Wildman–Crippen LogP) is 5.31. The van der Waals surface area contributed by atoms with Crippen LogP contribution in [0, 0.1) is 24.6 Å². The third kappa shape index (κ3) is 4.71. The van der Waals surface area contributed by atoms with Gasteiger partial charge in [0.15, 0.2) is 0 Å². The molecule has 1 aliphatic carbocycles. The number of ether oxygens (including phenoxy) is 1. The van der Waals surface area contributed by atoms with Gasteiger partial charge < -0.3 is 14.2 Å². The third-order valence-corrected chi connectivity index (χ3v) is 7.79. The average Bonchev–Trinajstić information content (AvgIpc) is 3.55. The van der Waals surface area contributed by atoms with Crippen molar-refractivity contribution in [3.8, 4) is 22.7 Å². The van der Waals surface area contributed by atoms with Crippen molar-refractivity contribution in [1.82, 2.24) is 24.5 Å². The van der Waals surface area contributed by atoms with Gasteiger partial charge in [-0.15, -0.1) is 5.10 Å². The summed E-state index contributed by atoms with van der Waals surface area (Å²) in [7, 11) is 1.57. The van der Waals surface area contributed by atoms with E-state index in [-0.39, 0.29) is 11.6 Å². The van der Waals surface area contributed by atoms with E-state index < -0.39 is 36.4 Å². The van der Waals surface area contributed by atoms with Crippen LogP contribution in [-0.4, -0.2) is 50.3 Å². The second kappa shape index (κ2) is 9.76. The molecule has 0 saturated heterocycles. The van der Waals surface area contributed by atoms with Gasteiger partial charge in [-0.05, 0) is 68.0 Å². The lowest BCUT2D eigenvalue weighted by Crippen LogP contribution is -2.53. The molecular formula is C28H26F4N6O2. The zero-order valence-electron chi connectivity index (χ0n) is 21.8. The van der Waals surface area contributed by atoms with Crippen LogP contribution in [0.5, 0.6) is 5.75 Å². The molecule has 2 aliphatic rings. The lowest BCUT2D eigenvalue weighted by atomic mass is 9.65. The van der Waals surface area contributed by atoms with Crippen molar-refractivity contribution in [3.05, 3.63) is 72.2 Å². The normalized spacial score (nSPS) is 20.8. The number of benzene rings is 2. The van der Waals surface area contributed by atoms with Crippen LogP contribution >= 0.6 is 0 Å². The first kappa shape index (κ1) is 26.0. The van der Waals surface area contributed by atoms with Crippen molar-refractivity contribution in [1.29, 1.82) is 0 Å². The maximum absolute atomic E-state index is 13.9. The highest BCUT2D eigenvalue weighted by molar-refractivity contribution is 5.97. The number of amides is 1. The van der Waals surface area contributed by atoms with E-state index in [1.54, 1.807) is 24.3 Å². The van der Waals surface area contributed by atoms with Gasteiger partial charge in [-0.1, -0.05) is 11.3 Å². The summed E-state index contributed by atoms with van der Waals surface area (Å²) in [5, 5.41) is 8.55. The molecule has 3 heterocycles. The fourth-order valence-electron chi connectivity index (χ4n) is 5.83. The van der Waals surface area contributed by atoms with Gasteiger partial charge in [0.05, 0.1) is 43.0 Å². The molecule has 2 unspecified atom stereocenters. The summed E-state index contributed by atoms with van der Waals surface area (Å²) in [5.41, 5.74) is 3.45. The summed E-state index contributed by atoms with van der Waals surface area (Å²) in [4.78, 5) is 18.7. The molecule has 2 aromatic carbocycles. The lowest BCUT2D eigenvalue weighted by molar-refractivity contribution is -0.141. The standard InChI is InChI=1S/C28H26F4N6O2/c1-16-12-36(15-33-16)23-7-5-17(11-25(23)40-2)21-13-38(35-34-21)24-10-19-4-3-18-9-20(29)6-8-22(18)37(14-28(30,31)32)27(39)26(19)24/h5-9,11-13,15,19,24,26H,3-4,10,14H2,1-2H3/t19?,24?,26-/m1/s1. The van der Waals surface area contributed by atoms with E-state index in [1.807, 2.05) is 35.9 Å². The van der Waals surface area contributed by atoms with Gasteiger partial charge >= 0.3 is 6.18 Å². The van der Waals surface area contributed by atoms with Crippen LogP contribution in [0.15, 0.2) is 55.1 Å². The van der Waals surface area contributed by atoms with E-state index in [2.05, 4.69) is 15.3 Å². The molecule has 4 aromatic rings. The number of rotatable bonds is 5.